The van der Waals surface area contributed by atoms with Crippen molar-refractivity contribution in [2.45, 2.75) is 51.2 Å². The molecule has 1 N–H and O–H groups in total. The minimum Gasteiger partial charge on any atom is -0.312 e. The van der Waals surface area contributed by atoms with E-state index in [1.165, 1.54) is 30.6 Å². The van der Waals surface area contributed by atoms with Crippen molar-refractivity contribution in [1.29, 1.82) is 0 Å². The molecule has 2 fully saturated rings. The summed E-state index contributed by atoms with van der Waals surface area (Å²) in [4.78, 5) is 1.52. The molecule has 0 bridgehead atoms. The molecule has 0 aliphatic heterocycles. The Labute approximate surface area is 113 Å². The first-order valence-corrected chi connectivity index (χ1v) is 7.52. The van der Waals surface area contributed by atoms with Crippen LogP contribution in [-0.2, 0) is 0 Å². The molecule has 0 unspecified atom stereocenters. The highest BCUT2D eigenvalue weighted by Crippen LogP contribution is 2.44. The monoisotopic (exact) mass is 278 g/mol. The fourth-order valence-corrected chi connectivity index (χ4v) is 2.86. The lowest BCUT2D eigenvalue weighted by molar-refractivity contribution is -0.145. The van der Waals surface area contributed by atoms with Crippen molar-refractivity contribution >= 4 is 0 Å². The minimum atomic E-state index is -4.08. The summed E-state index contributed by atoms with van der Waals surface area (Å²) in [5.74, 6) is 1.60. The maximum Gasteiger partial charge on any atom is 0.401 e. The molecule has 2 aliphatic carbocycles. The van der Waals surface area contributed by atoms with E-state index >= 15 is 0 Å². The first kappa shape index (κ1) is 15.1. The van der Waals surface area contributed by atoms with Gasteiger partial charge in [-0.1, -0.05) is 6.92 Å². The lowest BCUT2D eigenvalue weighted by Crippen LogP contribution is -2.42. The summed E-state index contributed by atoms with van der Waals surface area (Å²) in [7, 11) is 0. The predicted octanol–water partition coefficient (Wildman–Crippen LogP) is 3.04. The Morgan fingerprint density at radius 1 is 1.11 bits per heavy atom. The quantitative estimate of drug-likeness (QED) is 0.697. The second kappa shape index (κ2) is 6.44. The highest BCUT2D eigenvalue weighted by molar-refractivity contribution is 4.96. The van der Waals surface area contributed by atoms with Crippen molar-refractivity contribution in [2.24, 2.45) is 11.8 Å². The third-order valence-electron chi connectivity index (χ3n) is 4.01. The molecule has 5 heteroatoms. The zero-order valence-corrected chi connectivity index (χ0v) is 11.7. The maximum absolute atomic E-state index is 12.4. The number of nitrogens with one attached hydrogen (secondary N) is 1. The summed E-state index contributed by atoms with van der Waals surface area (Å²) in [5, 5.41) is 3.51. The first-order chi connectivity index (χ1) is 8.99. The van der Waals surface area contributed by atoms with E-state index in [4.69, 9.17) is 0 Å². The van der Waals surface area contributed by atoms with Crippen LogP contribution in [0.5, 0.6) is 0 Å². The van der Waals surface area contributed by atoms with Gasteiger partial charge < -0.3 is 5.32 Å². The summed E-state index contributed by atoms with van der Waals surface area (Å²) < 4.78 is 37.3. The Balaban J connectivity index is 1.68. The van der Waals surface area contributed by atoms with Gasteiger partial charge in [0.1, 0.15) is 0 Å². The van der Waals surface area contributed by atoms with E-state index in [1.54, 1.807) is 0 Å². The normalized spacial score (nSPS) is 20.5. The smallest absolute Gasteiger partial charge is 0.312 e. The van der Waals surface area contributed by atoms with Crippen LogP contribution in [0.25, 0.3) is 0 Å². The summed E-state index contributed by atoms with van der Waals surface area (Å²) in [6, 6.07) is 0.578. The van der Waals surface area contributed by atoms with Gasteiger partial charge in [-0.05, 0) is 50.5 Å². The summed E-state index contributed by atoms with van der Waals surface area (Å²) in [5.41, 5.74) is 0. The van der Waals surface area contributed by atoms with Crippen molar-refractivity contribution in [2.75, 3.05) is 26.2 Å². The molecule has 0 atom stereocenters. The van der Waals surface area contributed by atoms with Crippen LogP contribution >= 0.6 is 0 Å². The van der Waals surface area contributed by atoms with Crippen LogP contribution in [0.4, 0.5) is 13.2 Å². The summed E-state index contributed by atoms with van der Waals surface area (Å²) in [6.45, 7) is 2.86. The minimum absolute atomic E-state index is 0.503. The summed E-state index contributed by atoms with van der Waals surface area (Å²) >= 11 is 0. The molecule has 2 saturated carbocycles. The Morgan fingerprint density at radius 3 is 2.11 bits per heavy atom. The van der Waals surface area contributed by atoms with E-state index in [0.29, 0.717) is 25.7 Å². The number of alkyl halides is 3. The highest BCUT2D eigenvalue weighted by Gasteiger charge is 2.41. The van der Waals surface area contributed by atoms with Crippen molar-refractivity contribution in [3.8, 4) is 0 Å². The van der Waals surface area contributed by atoms with Crippen molar-refractivity contribution < 1.29 is 13.2 Å². The number of nitrogens with zero attached hydrogens (tertiary/aromatic N) is 1. The standard InChI is InChI=1S/C14H25F3N2/c1-2-8-19(10-14(15,16)17)9-7-18-13(11-3-4-11)12-5-6-12/h11-13,18H,2-10H2,1H3. The molecule has 19 heavy (non-hydrogen) atoms. The van der Waals surface area contributed by atoms with Crippen LogP contribution in [0.1, 0.15) is 39.0 Å². The maximum atomic E-state index is 12.4. The van der Waals surface area contributed by atoms with Gasteiger partial charge >= 0.3 is 6.18 Å². The van der Waals surface area contributed by atoms with Crippen molar-refractivity contribution in [1.82, 2.24) is 10.2 Å². The van der Waals surface area contributed by atoms with Gasteiger partial charge in [0.2, 0.25) is 0 Å². The van der Waals surface area contributed by atoms with Gasteiger partial charge in [-0.3, -0.25) is 4.90 Å². The lowest BCUT2D eigenvalue weighted by Gasteiger charge is -2.25. The van der Waals surface area contributed by atoms with Crippen LogP contribution in [0.2, 0.25) is 0 Å². The fraction of sp³-hybridized carbons (Fsp3) is 1.00. The molecule has 112 valence electrons. The van der Waals surface area contributed by atoms with Crippen LogP contribution in [0.15, 0.2) is 0 Å². The van der Waals surface area contributed by atoms with Gasteiger partial charge in [0.15, 0.2) is 0 Å². The van der Waals surface area contributed by atoms with E-state index in [1.807, 2.05) is 6.92 Å². The third kappa shape index (κ3) is 5.69. The number of rotatable bonds is 9. The lowest BCUT2D eigenvalue weighted by atomic mass is 10.1. The number of hydrogen-bond donors (Lipinski definition) is 1. The second-order valence-electron chi connectivity index (χ2n) is 6.05. The SMILES string of the molecule is CCCN(CCNC(C1CC1)C1CC1)CC(F)(F)F. The molecular formula is C14H25F3N2. The average Bonchev–Trinajstić information content (AvgIpc) is 3.12. The van der Waals surface area contributed by atoms with Crippen LogP contribution < -0.4 is 5.32 Å². The molecular weight excluding hydrogens is 253 g/mol. The average molecular weight is 278 g/mol. The zero-order chi connectivity index (χ0) is 13.9. The molecule has 0 saturated heterocycles. The van der Waals surface area contributed by atoms with Crippen molar-refractivity contribution in [3.63, 3.8) is 0 Å². The molecule has 2 nitrogen and oxygen atoms in total. The Bertz CT molecular complexity index is 260. The zero-order valence-electron chi connectivity index (χ0n) is 11.7. The van der Waals surface area contributed by atoms with E-state index in [-0.39, 0.29) is 0 Å². The number of halogens is 3. The Kier molecular flexibility index (Phi) is 5.12. The van der Waals surface area contributed by atoms with Crippen LogP contribution in [-0.4, -0.2) is 43.3 Å². The van der Waals surface area contributed by atoms with E-state index < -0.39 is 12.7 Å². The molecule has 2 aliphatic rings. The van der Waals surface area contributed by atoms with Gasteiger partial charge in [-0.15, -0.1) is 0 Å². The molecule has 0 spiro atoms. The van der Waals surface area contributed by atoms with Gasteiger partial charge in [0.05, 0.1) is 6.54 Å². The molecule has 0 amide bonds. The van der Waals surface area contributed by atoms with Gasteiger partial charge in [-0.2, -0.15) is 13.2 Å². The van der Waals surface area contributed by atoms with Crippen molar-refractivity contribution in [3.05, 3.63) is 0 Å². The van der Waals surface area contributed by atoms with Crippen LogP contribution in [0, 0.1) is 11.8 Å². The van der Waals surface area contributed by atoms with E-state index in [0.717, 1.165) is 18.3 Å². The Morgan fingerprint density at radius 2 is 1.68 bits per heavy atom. The highest BCUT2D eigenvalue weighted by atomic mass is 19.4. The van der Waals surface area contributed by atoms with Crippen LogP contribution in [0.3, 0.4) is 0 Å². The topological polar surface area (TPSA) is 15.3 Å². The predicted molar refractivity (Wildman–Crippen MR) is 70.0 cm³/mol. The second-order valence-corrected chi connectivity index (χ2v) is 6.05. The largest absolute Gasteiger partial charge is 0.401 e. The van der Waals surface area contributed by atoms with E-state index in [9.17, 15) is 13.2 Å². The molecule has 2 rings (SSSR count). The summed E-state index contributed by atoms with van der Waals surface area (Å²) in [6.07, 6.45) is 1.89. The third-order valence-corrected chi connectivity index (χ3v) is 4.01. The Hall–Kier alpha value is -0.290. The molecule has 0 aromatic carbocycles. The van der Waals surface area contributed by atoms with Gasteiger partial charge in [0.25, 0.3) is 0 Å². The molecule has 0 heterocycles. The fourth-order valence-electron chi connectivity index (χ4n) is 2.86. The first-order valence-electron chi connectivity index (χ1n) is 7.52. The molecule has 0 radical (unpaired) electrons. The van der Waals surface area contributed by atoms with E-state index in [2.05, 4.69) is 5.32 Å². The molecule has 0 aromatic rings. The van der Waals surface area contributed by atoms with Gasteiger partial charge in [-0.25, -0.2) is 0 Å². The number of hydrogen-bond acceptors (Lipinski definition) is 2. The molecule has 0 aromatic heterocycles. The van der Waals surface area contributed by atoms with Gasteiger partial charge in [0, 0.05) is 19.1 Å².